The van der Waals surface area contributed by atoms with Crippen molar-refractivity contribution in [2.24, 2.45) is 0 Å². The van der Waals surface area contributed by atoms with Crippen molar-refractivity contribution in [2.75, 3.05) is 13.2 Å². The molecule has 2 atom stereocenters. The van der Waals surface area contributed by atoms with Crippen molar-refractivity contribution in [3.8, 4) is 0 Å². The van der Waals surface area contributed by atoms with Crippen LogP contribution in [-0.2, 0) is 0 Å². The van der Waals surface area contributed by atoms with Gasteiger partial charge in [-0.05, 0) is 38.5 Å². The summed E-state index contributed by atoms with van der Waals surface area (Å²) < 4.78 is 0. The summed E-state index contributed by atoms with van der Waals surface area (Å²) in [5.74, 6) is 0. The molecule has 0 rings (SSSR count). The van der Waals surface area contributed by atoms with Crippen LogP contribution < -0.4 is 0 Å². The maximum atomic E-state index is 8.63. The Balaban J connectivity index is 3.31. The van der Waals surface area contributed by atoms with Crippen molar-refractivity contribution in [1.29, 1.82) is 0 Å². The van der Waals surface area contributed by atoms with Crippen molar-refractivity contribution in [1.82, 2.24) is 0 Å². The second-order valence-electron chi connectivity index (χ2n) is 3.62. The summed E-state index contributed by atoms with van der Waals surface area (Å²) in [5.41, 5.74) is 0. The fourth-order valence-electron chi connectivity index (χ4n) is 1.33. The third-order valence-corrected chi connectivity index (χ3v) is 3.26. The Kier molecular flexibility index (Phi) is 10.6. The SMILES string of the molecule is OCCCC(S)CCC(S)CCCO. The summed E-state index contributed by atoms with van der Waals surface area (Å²) in [7, 11) is 0. The minimum Gasteiger partial charge on any atom is -0.396 e. The molecule has 0 aromatic heterocycles. The van der Waals surface area contributed by atoms with Gasteiger partial charge in [-0.3, -0.25) is 0 Å². The Labute approximate surface area is 97.9 Å². The fraction of sp³-hybridized carbons (Fsp3) is 1.00. The highest BCUT2D eigenvalue weighted by Gasteiger charge is 2.07. The van der Waals surface area contributed by atoms with E-state index in [1.165, 1.54) is 0 Å². The van der Waals surface area contributed by atoms with Crippen molar-refractivity contribution in [2.45, 2.75) is 49.0 Å². The molecule has 4 heteroatoms. The first kappa shape index (κ1) is 14.6. The normalized spacial score (nSPS) is 15.4. The van der Waals surface area contributed by atoms with Crippen LogP contribution in [0.15, 0.2) is 0 Å². The Morgan fingerprint density at radius 1 is 0.714 bits per heavy atom. The quantitative estimate of drug-likeness (QED) is 0.464. The van der Waals surface area contributed by atoms with Crippen molar-refractivity contribution >= 4 is 25.3 Å². The standard InChI is InChI=1S/C10H22O2S2/c11-7-1-3-9(13)5-6-10(14)4-2-8-12/h9-14H,1-8H2. The van der Waals surface area contributed by atoms with E-state index in [2.05, 4.69) is 25.3 Å². The Bertz CT molecular complexity index is 109. The first-order valence-electron chi connectivity index (χ1n) is 5.28. The van der Waals surface area contributed by atoms with Gasteiger partial charge in [-0.15, -0.1) is 0 Å². The number of hydrogen-bond acceptors (Lipinski definition) is 4. The van der Waals surface area contributed by atoms with Crippen LogP contribution >= 0.6 is 25.3 Å². The lowest BCUT2D eigenvalue weighted by Gasteiger charge is -2.13. The predicted octanol–water partition coefficient (Wildman–Crippen LogP) is 1.91. The first-order valence-corrected chi connectivity index (χ1v) is 6.31. The summed E-state index contributed by atoms with van der Waals surface area (Å²) in [6.45, 7) is 0.512. The largest absolute Gasteiger partial charge is 0.396 e. The second-order valence-corrected chi connectivity index (χ2v) is 5.08. The Hall–Kier alpha value is 0.620. The number of hydrogen-bond donors (Lipinski definition) is 4. The van der Waals surface area contributed by atoms with Gasteiger partial charge in [0.25, 0.3) is 0 Å². The zero-order valence-corrected chi connectivity index (χ0v) is 10.4. The van der Waals surface area contributed by atoms with E-state index in [0.717, 1.165) is 38.5 Å². The molecule has 0 aliphatic carbocycles. The van der Waals surface area contributed by atoms with Crippen LogP contribution in [-0.4, -0.2) is 33.9 Å². The monoisotopic (exact) mass is 238 g/mol. The van der Waals surface area contributed by atoms with Gasteiger partial charge < -0.3 is 10.2 Å². The number of rotatable bonds is 9. The predicted molar refractivity (Wildman–Crippen MR) is 67.4 cm³/mol. The number of aliphatic hydroxyl groups excluding tert-OH is 2. The molecule has 2 unspecified atom stereocenters. The highest BCUT2D eigenvalue weighted by atomic mass is 32.1. The van der Waals surface area contributed by atoms with E-state index in [9.17, 15) is 0 Å². The van der Waals surface area contributed by atoms with Crippen LogP contribution in [0.3, 0.4) is 0 Å². The molecule has 0 radical (unpaired) electrons. The molecule has 14 heavy (non-hydrogen) atoms. The van der Waals surface area contributed by atoms with Crippen LogP contribution in [0.5, 0.6) is 0 Å². The molecule has 0 aromatic carbocycles. The van der Waals surface area contributed by atoms with Gasteiger partial charge >= 0.3 is 0 Å². The topological polar surface area (TPSA) is 40.5 Å². The van der Waals surface area contributed by atoms with Crippen LogP contribution in [0.25, 0.3) is 0 Å². The van der Waals surface area contributed by atoms with Gasteiger partial charge in [-0.2, -0.15) is 25.3 Å². The minimum atomic E-state index is 0.256. The zero-order valence-electron chi connectivity index (χ0n) is 8.60. The molecule has 0 saturated heterocycles. The van der Waals surface area contributed by atoms with Crippen LogP contribution in [0, 0.1) is 0 Å². The van der Waals surface area contributed by atoms with E-state index in [0.29, 0.717) is 10.5 Å². The smallest absolute Gasteiger partial charge is 0.0431 e. The van der Waals surface area contributed by atoms with E-state index in [1.807, 2.05) is 0 Å². The maximum absolute atomic E-state index is 8.63. The molecule has 0 amide bonds. The van der Waals surface area contributed by atoms with Crippen molar-refractivity contribution in [3.63, 3.8) is 0 Å². The number of thiol groups is 2. The van der Waals surface area contributed by atoms with Gasteiger partial charge in [0.05, 0.1) is 0 Å². The zero-order chi connectivity index (χ0) is 10.8. The second kappa shape index (κ2) is 10.1. The molecule has 0 fully saturated rings. The van der Waals surface area contributed by atoms with E-state index in [4.69, 9.17) is 10.2 Å². The van der Waals surface area contributed by atoms with Crippen molar-refractivity contribution in [3.05, 3.63) is 0 Å². The third kappa shape index (κ3) is 9.19. The maximum Gasteiger partial charge on any atom is 0.0431 e. The molecule has 0 spiro atoms. The van der Waals surface area contributed by atoms with E-state index in [-0.39, 0.29) is 13.2 Å². The summed E-state index contributed by atoms with van der Waals surface area (Å²) in [4.78, 5) is 0. The summed E-state index contributed by atoms with van der Waals surface area (Å²) in [5, 5.41) is 18.0. The lowest BCUT2D eigenvalue weighted by atomic mass is 10.1. The summed E-state index contributed by atoms with van der Waals surface area (Å²) in [6, 6.07) is 0. The van der Waals surface area contributed by atoms with Gasteiger partial charge in [0.2, 0.25) is 0 Å². The Morgan fingerprint density at radius 3 is 1.36 bits per heavy atom. The van der Waals surface area contributed by atoms with E-state index in [1.54, 1.807) is 0 Å². The molecule has 0 aromatic rings. The van der Waals surface area contributed by atoms with Crippen LogP contribution in [0.4, 0.5) is 0 Å². The molecule has 0 bridgehead atoms. The van der Waals surface area contributed by atoms with Crippen molar-refractivity contribution < 1.29 is 10.2 Å². The number of aliphatic hydroxyl groups is 2. The third-order valence-electron chi connectivity index (χ3n) is 2.22. The molecule has 2 nitrogen and oxygen atoms in total. The average Bonchev–Trinajstić information content (AvgIpc) is 2.20. The molecule has 0 heterocycles. The van der Waals surface area contributed by atoms with Crippen LogP contribution in [0.1, 0.15) is 38.5 Å². The first-order chi connectivity index (χ1) is 6.70. The molecule has 2 N–H and O–H groups in total. The molecular formula is C10H22O2S2. The van der Waals surface area contributed by atoms with Gasteiger partial charge in [-0.1, -0.05) is 0 Å². The minimum absolute atomic E-state index is 0.256. The highest BCUT2D eigenvalue weighted by Crippen LogP contribution is 2.17. The van der Waals surface area contributed by atoms with Gasteiger partial charge in [0.1, 0.15) is 0 Å². The van der Waals surface area contributed by atoms with Crippen LogP contribution in [0.2, 0.25) is 0 Å². The molecule has 0 saturated carbocycles. The molecular weight excluding hydrogens is 216 g/mol. The highest BCUT2D eigenvalue weighted by molar-refractivity contribution is 7.81. The lowest BCUT2D eigenvalue weighted by molar-refractivity contribution is 0.280. The van der Waals surface area contributed by atoms with E-state index < -0.39 is 0 Å². The average molecular weight is 238 g/mol. The fourth-order valence-corrected chi connectivity index (χ4v) is 1.99. The lowest BCUT2D eigenvalue weighted by Crippen LogP contribution is -2.06. The van der Waals surface area contributed by atoms with Gasteiger partial charge in [0, 0.05) is 23.7 Å². The summed E-state index contributed by atoms with van der Waals surface area (Å²) >= 11 is 8.87. The molecule has 0 aliphatic heterocycles. The van der Waals surface area contributed by atoms with Gasteiger partial charge in [0.15, 0.2) is 0 Å². The summed E-state index contributed by atoms with van der Waals surface area (Å²) in [6.07, 6.45) is 5.70. The molecule has 86 valence electrons. The van der Waals surface area contributed by atoms with E-state index >= 15 is 0 Å². The Morgan fingerprint density at radius 2 is 1.07 bits per heavy atom. The molecule has 0 aliphatic rings. The van der Waals surface area contributed by atoms with Gasteiger partial charge in [-0.25, -0.2) is 0 Å².